The van der Waals surface area contributed by atoms with E-state index in [2.05, 4.69) is 20.7 Å². The number of aliphatic hydroxyl groups is 1. The van der Waals surface area contributed by atoms with Crippen molar-refractivity contribution in [1.29, 1.82) is 0 Å². The van der Waals surface area contributed by atoms with Crippen LogP contribution >= 0.6 is 15.9 Å². The van der Waals surface area contributed by atoms with Crippen LogP contribution in [0.5, 0.6) is 0 Å². The highest BCUT2D eigenvalue weighted by Crippen LogP contribution is 2.28. The molecule has 0 bridgehead atoms. The first-order valence-corrected chi connectivity index (χ1v) is 10.3. The van der Waals surface area contributed by atoms with E-state index < -0.39 is 25.4 Å². The molecule has 118 valence electrons. The Morgan fingerprint density at radius 3 is 2.62 bits per heavy atom. The Labute approximate surface area is 132 Å². The second-order valence-corrected chi connectivity index (χ2v) is 10.1. The van der Waals surface area contributed by atoms with Gasteiger partial charge in [-0.2, -0.15) is 0 Å². The van der Waals surface area contributed by atoms with Crippen molar-refractivity contribution >= 4 is 35.8 Å². The minimum Gasteiger partial charge on any atom is -0.392 e. The maximum Gasteiger partial charge on any atom is 0.242 e. The fourth-order valence-electron chi connectivity index (χ4n) is 2.32. The van der Waals surface area contributed by atoms with Crippen LogP contribution in [0.15, 0.2) is 27.6 Å². The van der Waals surface area contributed by atoms with Gasteiger partial charge in [0.2, 0.25) is 10.0 Å². The summed E-state index contributed by atoms with van der Waals surface area (Å²) in [6, 6.07) is 4.50. The highest BCUT2D eigenvalue weighted by molar-refractivity contribution is 9.10. The minimum atomic E-state index is -3.89. The van der Waals surface area contributed by atoms with Gasteiger partial charge in [-0.25, -0.2) is 21.6 Å². The van der Waals surface area contributed by atoms with Crippen molar-refractivity contribution in [1.82, 2.24) is 4.72 Å². The molecule has 1 heterocycles. The van der Waals surface area contributed by atoms with Crippen molar-refractivity contribution in [3.05, 3.63) is 28.2 Å². The predicted octanol–water partition coefficient (Wildman–Crippen LogP) is 0.797. The molecule has 21 heavy (non-hydrogen) atoms. The predicted molar refractivity (Wildman–Crippen MR) is 82.1 cm³/mol. The van der Waals surface area contributed by atoms with Crippen LogP contribution in [-0.4, -0.2) is 39.0 Å². The number of rotatable bonds is 4. The van der Waals surface area contributed by atoms with Gasteiger partial charge in [0.1, 0.15) is 0 Å². The van der Waals surface area contributed by atoms with Crippen LogP contribution in [-0.2, 0) is 26.5 Å². The fourth-order valence-corrected chi connectivity index (χ4v) is 6.96. The van der Waals surface area contributed by atoms with E-state index in [1.165, 1.54) is 12.1 Å². The molecule has 1 fully saturated rings. The number of benzene rings is 1. The van der Waals surface area contributed by atoms with Crippen molar-refractivity contribution in [2.45, 2.75) is 30.4 Å². The van der Waals surface area contributed by atoms with Gasteiger partial charge in [0.05, 0.1) is 23.0 Å². The van der Waals surface area contributed by atoms with Crippen LogP contribution in [0.3, 0.4) is 0 Å². The van der Waals surface area contributed by atoms with Crippen molar-refractivity contribution < 1.29 is 21.9 Å². The van der Waals surface area contributed by atoms with Crippen molar-refractivity contribution in [2.75, 3.05) is 11.5 Å². The maximum absolute atomic E-state index is 12.5. The van der Waals surface area contributed by atoms with E-state index in [9.17, 15) is 16.8 Å². The number of hydrogen-bond acceptors (Lipinski definition) is 5. The van der Waals surface area contributed by atoms with Crippen LogP contribution in [0.4, 0.5) is 0 Å². The Bertz CT molecular complexity index is 760. The van der Waals surface area contributed by atoms with E-state index in [1.54, 1.807) is 13.0 Å². The van der Waals surface area contributed by atoms with E-state index in [0.29, 0.717) is 10.0 Å². The summed E-state index contributed by atoms with van der Waals surface area (Å²) in [6.45, 7) is 1.31. The molecule has 0 spiro atoms. The first-order chi connectivity index (χ1) is 9.57. The highest BCUT2D eigenvalue weighted by atomic mass is 79.9. The first kappa shape index (κ1) is 16.9. The summed E-state index contributed by atoms with van der Waals surface area (Å²) in [7, 11) is -7.10. The third-order valence-electron chi connectivity index (χ3n) is 3.35. The zero-order valence-corrected chi connectivity index (χ0v) is 14.6. The molecule has 0 aliphatic carbocycles. The van der Waals surface area contributed by atoms with Crippen LogP contribution in [0.2, 0.25) is 0 Å². The number of nitrogens with one attached hydrogen (secondary N) is 1. The third kappa shape index (κ3) is 3.84. The lowest BCUT2D eigenvalue weighted by atomic mass is 10.0. The lowest BCUT2D eigenvalue weighted by molar-refractivity contribution is 0.281. The molecule has 6 nitrogen and oxygen atoms in total. The molecule has 1 atom stereocenters. The number of hydrogen-bond donors (Lipinski definition) is 2. The zero-order chi connectivity index (χ0) is 15.9. The van der Waals surface area contributed by atoms with Gasteiger partial charge in [0.15, 0.2) is 9.84 Å². The average Bonchev–Trinajstić information content (AvgIpc) is 2.62. The van der Waals surface area contributed by atoms with Crippen LogP contribution in [0, 0.1) is 0 Å². The number of sulfonamides is 1. The van der Waals surface area contributed by atoms with E-state index >= 15 is 0 Å². The lowest BCUT2D eigenvalue weighted by Gasteiger charge is -2.24. The summed E-state index contributed by atoms with van der Waals surface area (Å²) in [5.41, 5.74) is -0.547. The van der Waals surface area contributed by atoms with E-state index in [0.717, 1.165) is 0 Å². The van der Waals surface area contributed by atoms with Gasteiger partial charge in [-0.1, -0.05) is 6.07 Å². The minimum absolute atomic E-state index is 0.0143. The van der Waals surface area contributed by atoms with Gasteiger partial charge in [-0.15, -0.1) is 0 Å². The monoisotopic (exact) mass is 397 g/mol. The fraction of sp³-hybridized carbons (Fsp3) is 0.500. The van der Waals surface area contributed by atoms with Gasteiger partial charge >= 0.3 is 0 Å². The van der Waals surface area contributed by atoms with Gasteiger partial charge in [0, 0.05) is 10.0 Å². The van der Waals surface area contributed by atoms with Gasteiger partial charge in [-0.05, 0) is 47.0 Å². The smallest absolute Gasteiger partial charge is 0.242 e. The Balaban J connectivity index is 2.35. The second kappa shape index (κ2) is 5.62. The molecule has 1 saturated heterocycles. The average molecular weight is 398 g/mol. The van der Waals surface area contributed by atoms with E-state index in [-0.39, 0.29) is 29.4 Å². The largest absolute Gasteiger partial charge is 0.392 e. The summed E-state index contributed by atoms with van der Waals surface area (Å²) < 4.78 is 50.9. The molecule has 1 aliphatic heterocycles. The zero-order valence-electron chi connectivity index (χ0n) is 11.3. The number of halogens is 1. The van der Waals surface area contributed by atoms with Crippen LogP contribution < -0.4 is 4.72 Å². The third-order valence-corrected chi connectivity index (χ3v) is 7.89. The van der Waals surface area contributed by atoms with Crippen molar-refractivity contribution in [2.24, 2.45) is 0 Å². The summed E-state index contributed by atoms with van der Waals surface area (Å²) >= 11 is 3.17. The molecule has 0 saturated carbocycles. The van der Waals surface area contributed by atoms with Gasteiger partial charge in [-0.3, -0.25) is 0 Å². The van der Waals surface area contributed by atoms with E-state index in [4.69, 9.17) is 5.11 Å². The molecule has 2 N–H and O–H groups in total. The molecular weight excluding hydrogens is 382 g/mol. The Hall–Kier alpha value is -0.480. The molecular formula is C12H16BrNO5S2. The molecule has 1 unspecified atom stereocenters. The van der Waals surface area contributed by atoms with Crippen molar-refractivity contribution in [3.8, 4) is 0 Å². The Morgan fingerprint density at radius 2 is 2.10 bits per heavy atom. The molecule has 0 aromatic heterocycles. The number of aliphatic hydroxyl groups excluding tert-OH is 1. The Kier molecular flexibility index (Phi) is 4.52. The quantitative estimate of drug-likeness (QED) is 0.782. The summed E-state index contributed by atoms with van der Waals surface area (Å²) in [5.74, 6) is -0.236. The molecule has 9 heteroatoms. The second-order valence-electron chi connectivity index (χ2n) is 5.43. The van der Waals surface area contributed by atoms with Crippen molar-refractivity contribution in [3.63, 3.8) is 0 Å². The van der Waals surface area contributed by atoms with Gasteiger partial charge in [0.25, 0.3) is 0 Å². The van der Waals surface area contributed by atoms with Crippen LogP contribution in [0.25, 0.3) is 0 Å². The Morgan fingerprint density at radius 1 is 1.43 bits per heavy atom. The molecule has 1 aliphatic rings. The lowest BCUT2D eigenvalue weighted by Crippen LogP contribution is -2.46. The number of sulfone groups is 1. The first-order valence-electron chi connectivity index (χ1n) is 6.21. The molecule has 1 aromatic rings. The molecule has 0 amide bonds. The van der Waals surface area contributed by atoms with Gasteiger partial charge < -0.3 is 5.11 Å². The van der Waals surface area contributed by atoms with Crippen LogP contribution in [0.1, 0.15) is 18.9 Å². The normalized spacial score (nSPS) is 25.1. The molecule has 2 rings (SSSR count). The molecule has 1 aromatic carbocycles. The molecule has 0 radical (unpaired) electrons. The highest BCUT2D eigenvalue weighted by Gasteiger charge is 2.41. The van der Waals surface area contributed by atoms with E-state index in [1.807, 2.05) is 0 Å². The summed E-state index contributed by atoms with van der Waals surface area (Å²) in [6.07, 6.45) is 0.242. The SMILES string of the molecule is CC1(NS(=O)(=O)c2cc(CO)ccc2Br)CCS(=O)(=O)C1. The maximum atomic E-state index is 12.5. The summed E-state index contributed by atoms with van der Waals surface area (Å²) in [5, 5.41) is 9.11. The summed E-state index contributed by atoms with van der Waals surface area (Å²) in [4.78, 5) is -0.0143. The standard InChI is InChI=1S/C12H16BrNO5S2/c1-12(4-5-20(16,17)8-12)14-21(18,19)11-6-9(7-15)2-3-10(11)13/h2-3,6,14-15H,4-5,7-8H2,1H3. The topological polar surface area (TPSA) is 101 Å².